The monoisotopic (exact) mass is 314 g/mol. The minimum absolute atomic E-state index is 0.0334. The second kappa shape index (κ2) is 7.03. The summed E-state index contributed by atoms with van der Waals surface area (Å²) in [5.41, 5.74) is -0.502. The van der Waals surface area contributed by atoms with Gasteiger partial charge in [-0.15, -0.1) is 0 Å². The second-order valence-corrected chi connectivity index (χ2v) is 4.94. The van der Waals surface area contributed by atoms with E-state index in [2.05, 4.69) is 0 Å². The summed E-state index contributed by atoms with van der Waals surface area (Å²) in [5.74, 6) is -2.42. The fourth-order valence-electron chi connectivity index (χ4n) is 1.77. The summed E-state index contributed by atoms with van der Waals surface area (Å²) < 4.78 is 0. The second-order valence-electron chi connectivity index (χ2n) is 4.50. The molecule has 0 heterocycles. The molecule has 1 aromatic rings. The van der Waals surface area contributed by atoms with Gasteiger partial charge in [-0.2, -0.15) is 0 Å². The number of benzene rings is 1. The molecule has 114 valence electrons. The molecule has 0 aromatic heterocycles. The summed E-state index contributed by atoms with van der Waals surface area (Å²) in [5, 5.41) is 20.1. The topological polar surface area (TPSA) is 101 Å². The number of nitrogens with zero attached hydrogens (tertiary/aromatic N) is 2. The van der Waals surface area contributed by atoms with Gasteiger partial charge in [0.15, 0.2) is 0 Å². The van der Waals surface area contributed by atoms with Crippen molar-refractivity contribution in [3.63, 3.8) is 0 Å². The Bertz CT molecular complexity index is 576. The minimum atomic E-state index is -1.04. The van der Waals surface area contributed by atoms with Gasteiger partial charge >= 0.3 is 5.97 Å². The van der Waals surface area contributed by atoms with Gasteiger partial charge in [0.25, 0.3) is 11.6 Å². The molecule has 0 saturated heterocycles. The average Bonchev–Trinajstić information content (AvgIpc) is 2.43. The first-order valence-electron chi connectivity index (χ1n) is 6.24. The molecule has 0 bridgehead atoms. The van der Waals surface area contributed by atoms with Crippen molar-refractivity contribution in [2.45, 2.75) is 13.8 Å². The van der Waals surface area contributed by atoms with E-state index in [1.54, 1.807) is 6.92 Å². The number of carbonyl (C=O) groups excluding carboxylic acids is 1. The van der Waals surface area contributed by atoms with Gasteiger partial charge in [-0.3, -0.25) is 19.7 Å². The predicted octanol–water partition coefficient (Wildman–Crippen LogP) is 2.43. The maximum absolute atomic E-state index is 12.4. The zero-order valence-electron chi connectivity index (χ0n) is 11.6. The van der Waals surface area contributed by atoms with Crippen LogP contribution in [0.5, 0.6) is 0 Å². The van der Waals surface area contributed by atoms with E-state index < -0.39 is 22.7 Å². The molecule has 0 spiro atoms. The van der Waals surface area contributed by atoms with E-state index >= 15 is 0 Å². The summed E-state index contributed by atoms with van der Waals surface area (Å²) in [6.45, 7) is 3.34. The number of aliphatic carboxylic acids is 1. The third kappa shape index (κ3) is 4.16. The Hall–Kier alpha value is -2.15. The molecule has 21 heavy (non-hydrogen) atoms. The number of nitro groups is 1. The first-order chi connectivity index (χ1) is 9.77. The molecule has 1 aromatic carbocycles. The number of amides is 1. The molecule has 1 atom stereocenters. The lowest BCUT2D eigenvalue weighted by atomic mass is 10.1. The van der Waals surface area contributed by atoms with Crippen molar-refractivity contribution >= 4 is 29.2 Å². The van der Waals surface area contributed by atoms with Crippen LogP contribution in [0.4, 0.5) is 5.69 Å². The first-order valence-corrected chi connectivity index (χ1v) is 6.61. The van der Waals surface area contributed by atoms with Crippen LogP contribution in [0.25, 0.3) is 0 Å². The maximum Gasteiger partial charge on any atom is 0.308 e. The lowest BCUT2D eigenvalue weighted by molar-refractivity contribution is -0.385. The van der Waals surface area contributed by atoms with Gasteiger partial charge in [0.1, 0.15) is 5.56 Å². The molecule has 1 rings (SSSR count). The van der Waals surface area contributed by atoms with Crippen molar-refractivity contribution in [1.82, 2.24) is 4.90 Å². The predicted molar refractivity (Wildman–Crippen MR) is 76.5 cm³/mol. The van der Waals surface area contributed by atoms with Crippen LogP contribution in [0.15, 0.2) is 18.2 Å². The first kappa shape index (κ1) is 16.9. The molecule has 1 unspecified atom stereocenters. The van der Waals surface area contributed by atoms with Crippen molar-refractivity contribution in [3.05, 3.63) is 38.9 Å². The quantitative estimate of drug-likeness (QED) is 0.642. The van der Waals surface area contributed by atoms with Crippen molar-refractivity contribution in [1.29, 1.82) is 0 Å². The SMILES string of the molecule is CCN(CC(C)C(=O)O)C(=O)c1cc(Cl)ccc1[N+](=O)[O-]. The van der Waals surface area contributed by atoms with Crippen LogP contribution < -0.4 is 0 Å². The van der Waals surface area contributed by atoms with E-state index in [0.717, 1.165) is 6.07 Å². The van der Waals surface area contributed by atoms with Crippen molar-refractivity contribution in [2.24, 2.45) is 5.92 Å². The normalized spacial score (nSPS) is 11.8. The van der Waals surface area contributed by atoms with Gasteiger partial charge in [0, 0.05) is 24.2 Å². The molecule has 0 aliphatic carbocycles. The van der Waals surface area contributed by atoms with Crippen LogP contribution >= 0.6 is 11.6 Å². The minimum Gasteiger partial charge on any atom is -0.481 e. The Balaban J connectivity index is 3.13. The number of hydrogen-bond donors (Lipinski definition) is 1. The fourth-order valence-corrected chi connectivity index (χ4v) is 1.95. The Labute approximate surface area is 126 Å². The summed E-state index contributed by atoms with van der Waals surface area (Å²) in [7, 11) is 0. The summed E-state index contributed by atoms with van der Waals surface area (Å²) in [6.07, 6.45) is 0. The molecule has 8 heteroatoms. The van der Waals surface area contributed by atoms with E-state index in [9.17, 15) is 19.7 Å². The van der Waals surface area contributed by atoms with E-state index in [1.165, 1.54) is 24.0 Å². The van der Waals surface area contributed by atoms with Crippen molar-refractivity contribution in [3.8, 4) is 0 Å². The highest BCUT2D eigenvalue weighted by Gasteiger charge is 2.26. The molecule has 7 nitrogen and oxygen atoms in total. The molecule has 1 amide bonds. The van der Waals surface area contributed by atoms with Gasteiger partial charge in [-0.25, -0.2) is 0 Å². The summed E-state index contributed by atoms with van der Waals surface area (Å²) >= 11 is 5.78. The van der Waals surface area contributed by atoms with Crippen molar-refractivity contribution in [2.75, 3.05) is 13.1 Å². The van der Waals surface area contributed by atoms with Crippen LogP contribution in [0.3, 0.4) is 0 Å². The van der Waals surface area contributed by atoms with Crippen LogP contribution in [0.2, 0.25) is 5.02 Å². The van der Waals surface area contributed by atoms with E-state index in [1.807, 2.05) is 0 Å². The molecular formula is C13H15ClN2O5. The van der Waals surface area contributed by atoms with Crippen LogP contribution in [0.1, 0.15) is 24.2 Å². The van der Waals surface area contributed by atoms with E-state index in [-0.39, 0.29) is 29.4 Å². The largest absolute Gasteiger partial charge is 0.481 e. The molecule has 0 fully saturated rings. The fraction of sp³-hybridized carbons (Fsp3) is 0.385. The molecule has 0 saturated carbocycles. The lowest BCUT2D eigenvalue weighted by Gasteiger charge is -2.22. The third-order valence-corrected chi connectivity index (χ3v) is 3.21. The zero-order valence-corrected chi connectivity index (χ0v) is 12.3. The Kier molecular flexibility index (Phi) is 5.66. The molecular weight excluding hydrogens is 300 g/mol. The zero-order chi connectivity index (χ0) is 16.2. The number of halogens is 1. The molecule has 0 radical (unpaired) electrons. The van der Waals surface area contributed by atoms with Gasteiger partial charge < -0.3 is 10.0 Å². The Morgan fingerprint density at radius 2 is 2.10 bits per heavy atom. The number of carboxylic acids is 1. The molecule has 0 aliphatic rings. The van der Waals surface area contributed by atoms with Crippen LogP contribution in [-0.2, 0) is 4.79 Å². The van der Waals surface area contributed by atoms with Crippen LogP contribution in [0, 0.1) is 16.0 Å². The Morgan fingerprint density at radius 3 is 2.57 bits per heavy atom. The Morgan fingerprint density at radius 1 is 1.48 bits per heavy atom. The third-order valence-electron chi connectivity index (χ3n) is 2.97. The molecule has 1 N–H and O–H groups in total. The summed E-state index contributed by atoms with van der Waals surface area (Å²) in [6, 6.07) is 3.70. The average molecular weight is 315 g/mol. The van der Waals surface area contributed by atoms with Crippen molar-refractivity contribution < 1.29 is 19.6 Å². The molecule has 0 aliphatic heterocycles. The van der Waals surface area contributed by atoms with E-state index in [0.29, 0.717) is 0 Å². The van der Waals surface area contributed by atoms with Gasteiger partial charge in [0.2, 0.25) is 0 Å². The number of nitro benzene ring substituents is 1. The van der Waals surface area contributed by atoms with Gasteiger partial charge in [-0.05, 0) is 19.1 Å². The highest BCUT2D eigenvalue weighted by atomic mass is 35.5. The number of rotatable bonds is 6. The number of carboxylic acid groups (broad SMARTS) is 1. The summed E-state index contributed by atoms with van der Waals surface area (Å²) in [4.78, 5) is 34.8. The smallest absolute Gasteiger partial charge is 0.308 e. The van der Waals surface area contributed by atoms with E-state index in [4.69, 9.17) is 16.7 Å². The highest BCUT2D eigenvalue weighted by molar-refractivity contribution is 6.31. The lowest BCUT2D eigenvalue weighted by Crippen LogP contribution is -2.37. The van der Waals surface area contributed by atoms with Crippen LogP contribution in [-0.4, -0.2) is 39.9 Å². The maximum atomic E-state index is 12.4. The number of carbonyl (C=O) groups is 2. The highest BCUT2D eigenvalue weighted by Crippen LogP contribution is 2.24. The number of hydrogen-bond acceptors (Lipinski definition) is 4. The standard InChI is InChI=1S/C13H15ClN2O5/c1-3-15(7-8(2)13(18)19)12(17)10-6-9(14)4-5-11(10)16(20)21/h4-6,8H,3,7H2,1-2H3,(H,18,19). The van der Waals surface area contributed by atoms with Gasteiger partial charge in [0.05, 0.1) is 10.8 Å². The van der Waals surface area contributed by atoms with Gasteiger partial charge in [-0.1, -0.05) is 18.5 Å².